The Hall–Kier alpha value is -3.15. The first-order valence-electron chi connectivity index (χ1n) is 6.74. The molecule has 6 heteroatoms. The number of rotatable bonds is 6. The average molecular weight is 313 g/mol. The zero-order valence-electron chi connectivity index (χ0n) is 12.7. The molecule has 0 amide bonds. The number of methoxy groups -OCH3 is 2. The largest absolute Gasteiger partial charge is 0.497 e. The van der Waals surface area contributed by atoms with Gasteiger partial charge in [0, 0.05) is 29.3 Å². The number of ketones is 1. The van der Waals surface area contributed by atoms with Crippen molar-refractivity contribution in [1.82, 2.24) is 0 Å². The summed E-state index contributed by atoms with van der Waals surface area (Å²) < 4.78 is 10.4. The first-order chi connectivity index (χ1) is 11.0. The van der Waals surface area contributed by atoms with Crippen molar-refractivity contribution < 1.29 is 19.2 Å². The lowest BCUT2D eigenvalue weighted by atomic mass is 10.1. The Kier molecular flexibility index (Phi) is 5.09. The highest BCUT2D eigenvalue weighted by atomic mass is 16.6. The topological polar surface area (TPSA) is 78.7 Å². The van der Waals surface area contributed by atoms with Crippen LogP contribution in [0.4, 0.5) is 5.69 Å². The SMILES string of the molecule is COc1ccc(C=CC(=O)c2cccc([N+](=O)[O-])c2)c(OC)c1. The Morgan fingerprint density at radius 1 is 1.13 bits per heavy atom. The van der Waals surface area contributed by atoms with Gasteiger partial charge in [-0.05, 0) is 24.3 Å². The molecule has 2 aromatic carbocycles. The molecule has 0 heterocycles. The van der Waals surface area contributed by atoms with Crippen LogP contribution in [0.3, 0.4) is 0 Å². The van der Waals surface area contributed by atoms with Crippen molar-refractivity contribution in [2.45, 2.75) is 0 Å². The van der Waals surface area contributed by atoms with E-state index >= 15 is 0 Å². The van der Waals surface area contributed by atoms with Crippen LogP contribution in [0.2, 0.25) is 0 Å². The maximum absolute atomic E-state index is 12.1. The molecule has 0 fully saturated rings. The van der Waals surface area contributed by atoms with E-state index in [0.717, 1.165) is 0 Å². The third-order valence-electron chi connectivity index (χ3n) is 3.20. The molecular formula is C17H15NO5. The zero-order valence-corrected chi connectivity index (χ0v) is 12.7. The van der Waals surface area contributed by atoms with Gasteiger partial charge in [-0.1, -0.05) is 12.1 Å². The molecule has 0 spiro atoms. The molecule has 0 bridgehead atoms. The van der Waals surface area contributed by atoms with Crippen LogP contribution < -0.4 is 9.47 Å². The van der Waals surface area contributed by atoms with E-state index in [9.17, 15) is 14.9 Å². The summed E-state index contributed by atoms with van der Waals surface area (Å²) in [5.41, 5.74) is 0.835. The zero-order chi connectivity index (χ0) is 16.8. The molecule has 0 atom stereocenters. The quantitative estimate of drug-likeness (QED) is 0.353. The number of allylic oxidation sites excluding steroid dienone is 1. The van der Waals surface area contributed by atoms with Crippen molar-refractivity contribution in [3.63, 3.8) is 0 Å². The molecule has 0 radical (unpaired) electrons. The normalized spacial score (nSPS) is 10.5. The number of hydrogen-bond acceptors (Lipinski definition) is 5. The van der Waals surface area contributed by atoms with Gasteiger partial charge in [0.1, 0.15) is 11.5 Å². The second kappa shape index (κ2) is 7.22. The molecule has 6 nitrogen and oxygen atoms in total. The predicted octanol–water partition coefficient (Wildman–Crippen LogP) is 3.51. The van der Waals surface area contributed by atoms with E-state index in [1.807, 2.05) is 0 Å². The molecule has 0 aliphatic rings. The number of carbonyl (C=O) groups excluding carboxylic acids is 1. The minimum absolute atomic E-state index is 0.119. The van der Waals surface area contributed by atoms with Crippen LogP contribution in [0, 0.1) is 10.1 Å². The van der Waals surface area contributed by atoms with Gasteiger partial charge in [0.15, 0.2) is 5.78 Å². The molecule has 0 aliphatic carbocycles. The van der Waals surface area contributed by atoms with Crippen molar-refractivity contribution in [3.8, 4) is 11.5 Å². The fraction of sp³-hybridized carbons (Fsp3) is 0.118. The fourth-order valence-corrected chi connectivity index (χ4v) is 1.99. The second-order valence-corrected chi connectivity index (χ2v) is 4.61. The monoisotopic (exact) mass is 313 g/mol. The summed E-state index contributed by atoms with van der Waals surface area (Å²) in [6.07, 6.45) is 2.95. The number of carbonyl (C=O) groups is 1. The van der Waals surface area contributed by atoms with Crippen LogP contribution in [-0.2, 0) is 0 Å². The number of hydrogen-bond donors (Lipinski definition) is 0. The first-order valence-corrected chi connectivity index (χ1v) is 6.74. The molecule has 2 aromatic rings. The molecule has 0 N–H and O–H groups in total. The van der Waals surface area contributed by atoms with Gasteiger partial charge in [0.25, 0.3) is 5.69 Å². The lowest BCUT2D eigenvalue weighted by molar-refractivity contribution is -0.384. The summed E-state index contributed by atoms with van der Waals surface area (Å²) in [4.78, 5) is 22.4. The number of benzene rings is 2. The number of nitrogens with zero attached hydrogens (tertiary/aromatic N) is 1. The van der Waals surface area contributed by atoms with Crippen molar-refractivity contribution >= 4 is 17.5 Å². The van der Waals surface area contributed by atoms with Gasteiger partial charge in [-0.25, -0.2) is 0 Å². The van der Waals surface area contributed by atoms with E-state index < -0.39 is 4.92 Å². The van der Waals surface area contributed by atoms with Crippen LogP contribution in [0.25, 0.3) is 6.08 Å². The first kappa shape index (κ1) is 16.2. The second-order valence-electron chi connectivity index (χ2n) is 4.61. The van der Waals surface area contributed by atoms with E-state index in [-0.39, 0.29) is 17.0 Å². The molecule has 0 aromatic heterocycles. The number of nitro benzene ring substituents is 1. The smallest absolute Gasteiger partial charge is 0.270 e. The van der Waals surface area contributed by atoms with E-state index in [1.54, 1.807) is 31.4 Å². The van der Waals surface area contributed by atoms with E-state index in [0.29, 0.717) is 17.1 Å². The molecule has 118 valence electrons. The molecule has 23 heavy (non-hydrogen) atoms. The van der Waals surface area contributed by atoms with Gasteiger partial charge >= 0.3 is 0 Å². The fourth-order valence-electron chi connectivity index (χ4n) is 1.99. The summed E-state index contributed by atoms with van der Waals surface area (Å²) in [5, 5.41) is 10.7. The minimum Gasteiger partial charge on any atom is -0.497 e. The van der Waals surface area contributed by atoms with Crippen LogP contribution in [-0.4, -0.2) is 24.9 Å². The van der Waals surface area contributed by atoms with Crippen LogP contribution in [0.1, 0.15) is 15.9 Å². The standard InChI is InChI=1S/C17H15NO5/c1-22-15-8-6-12(17(11-15)23-2)7-9-16(19)13-4-3-5-14(10-13)18(20)21/h3-11H,1-2H3. The minimum atomic E-state index is -0.535. The Morgan fingerprint density at radius 2 is 1.91 bits per heavy atom. The summed E-state index contributed by atoms with van der Waals surface area (Å²) in [6.45, 7) is 0. The number of nitro groups is 1. The van der Waals surface area contributed by atoms with Gasteiger partial charge in [0.05, 0.1) is 19.1 Å². The molecular weight excluding hydrogens is 298 g/mol. The van der Waals surface area contributed by atoms with E-state index in [2.05, 4.69) is 0 Å². The lowest BCUT2D eigenvalue weighted by Crippen LogP contribution is -1.96. The Bertz CT molecular complexity index is 767. The van der Waals surface area contributed by atoms with Crippen LogP contribution in [0.15, 0.2) is 48.5 Å². The maximum Gasteiger partial charge on any atom is 0.270 e. The Balaban J connectivity index is 2.24. The van der Waals surface area contributed by atoms with Gasteiger partial charge in [0.2, 0.25) is 0 Å². The summed E-state index contributed by atoms with van der Waals surface area (Å²) in [6, 6.07) is 10.8. The third kappa shape index (κ3) is 3.94. The maximum atomic E-state index is 12.1. The molecule has 2 rings (SSSR count). The highest BCUT2D eigenvalue weighted by Crippen LogP contribution is 2.25. The lowest BCUT2D eigenvalue weighted by Gasteiger charge is -2.07. The van der Waals surface area contributed by atoms with E-state index in [1.165, 1.54) is 37.5 Å². The molecule has 0 unspecified atom stereocenters. The molecule has 0 saturated heterocycles. The Morgan fingerprint density at radius 3 is 2.57 bits per heavy atom. The Labute approximate surface area is 133 Å². The van der Waals surface area contributed by atoms with Crippen molar-refractivity contribution in [3.05, 3.63) is 69.8 Å². The van der Waals surface area contributed by atoms with Crippen LogP contribution in [0.5, 0.6) is 11.5 Å². The summed E-state index contributed by atoms with van der Waals surface area (Å²) in [5.74, 6) is 0.878. The highest BCUT2D eigenvalue weighted by Gasteiger charge is 2.10. The van der Waals surface area contributed by atoms with Gasteiger partial charge in [-0.15, -0.1) is 0 Å². The van der Waals surface area contributed by atoms with Gasteiger partial charge in [-0.2, -0.15) is 0 Å². The van der Waals surface area contributed by atoms with Crippen molar-refractivity contribution in [2.24, 2.45) is 0 Å². The van der Waals surface area contributed by atoms with Crippen LogP contribution >= 0.6 is 0 Å². The third-order valence-corrected chi connectivity index (χ3v) is 3.20. The van der Waals surface area contributed by atoms with Crippen molar-refractivity contribution in [2.75, 3.05) is 14.2 Å². The highest BCUT2D eigenvalue weighted by molar-refractivity contribution is 6.07. The summed E-state index contributed by atoms with van der Waals surface area (Å²) >= 11 is 0. The van der Waals surface area contributed by atoms with E-state index in [4.69, 9.17) is 9.47 Å². The predicted molar refractivity (Wildman–Crippen MR) is 86.0 cm³/mol. The number of ether oxygens (including phenoxy) is 2. The van der Waals surface area contributed by atoms with Gasteiger partial charge < -0.3 is 9.47 Å². The molecule has 0 aliphatic heterocycles. The number of non-ortho nitro benzene ring substituents is 1. The summed E-state index contributed by atoms with van der Waals surface area (Å²) in [7, 11) is 3.07. The molecule has 0 saturated carbocycles. The van der Waals surface area contributed by atoms with Gasteiger partial charge in [-0.3, -0.25) is 14.9 Å². The van der Waals surface area contributed by atoms with Crippen molar-refractivity contribution in [1.29, 1.82) is 0 Å². The average Bonchev–Trinajstić information content (AvgIpc) is 2.59.